The van der Waals surface area contributed by atoms with Crippen LogP contribution >= 0.6 is 11.6 Å². The summed E-state index contributed by atoms with van der Waals surface area (Å²) in [6.07, 6.45) is 5.74. The summed E-state index contributed by atoms with van der Waals surface area (Å²) in [6, 6.07) is 9.62. The molecule has 1 N–H and O–H groups in total. The Kier molecular flexibility index (Phi) is 6.01. The fourth-order valence-electron chi connectivity index (χ4n) is 3.92. The van der Waals surface area contributed by atoms with E-state index in [4.69, 9.17) is 21.6 Å². The lowest BCUT2D eigenvalue weighted by atomic mass is 10.1. The number of aromatic nitrogens is 3. The third kappa shape index (κ3) is 4.44. The molecule has 3 heterocycles. The second-order valence-electron chi connectivity index (χ2n) is 7.89. The molecule has 0 aliphatic carbocycles. The van der Waals surface area contributed by atoms with Gasteiger partial charge in [0, 0.05) is 25.3 Å². The Hall–Kier alpha value is -3.24. The Morgan fingerprint density at radius 1 is 1.29 bits per heavy atom. The van der Waals surface area contributed by atoms with E-state index in [9.17, 15) is 0 Å². The Labute approximate surface area is 186 Å². The van der Waals surface area contributed by atoms with Gasteiger partial charge in [-0.1, -0.05) is 11.6 Å². The monoisotopic (exact) mass is 436 g/mol. The molecule has 1 fully saturated rings. The summed E-state index contributed by atoms with van der Waals surface area (Å²) >= 11 is 6.32. The molecule has 2 aromatic heterocycles. The van der Waals surface area contributed by atoms with Crippen LogP contribution in [0.2, 0.25) is 5.02 Å². The van der Waals surface area contributed by atoms with E-state index in [1.807, 2.05) is 19.9 Å². The second-order valence-corrected chi connectivity index (χ2v) is 8.30. The van der Waals surface area contributed by atoms with Crippen molar-refractivity contribution in [1.82, 2.24) is 19.4 Å². The zero-order chi connectivity index (χ0) is 22.0. The van der Waals surface area contributed by atoms with Gasteiger partial charge in [-0.15, -0.1) is 0 Å². The van der Waals surface area contributed by atoms with Crippen molar-refractivity contribution < 1.29 is 4.74 Å². The van der Waals surface area contributed by atoms with Crippen LogP contribution in [0.4, 0.5) is 11.5 Å². The highest BCUT2D eigenvalue weighted by Crippen LogP contribution is 2.32. The van der Waals surface area contributed by atoms with E-state index in [1.54, 1.807) is 24.5 Å². The van der Waals surface area contributed by atoms with Gasteiger partial charge in [-0.05, 0) is 57.5 Å². The smallest absolute Gasteiger partial charge is 0.182 e. The average molecular weight is 437 g/mol. The molecule has 160 valence electrons. The molecule has 0 atom stereocenters. The molecule has 7 nitrogen and oxygen atoms in total. The van der Waals surface area contributed by atoms with Crippen LogP contribution in [0, 0.1) is 11.3 Å². The van der Waals surface area contributed by atoms with Crippen LogP contribution in [0.25, 0.3) is 11.0 Å². The van der Waals surface area contributed by atoms with Gasteiger partial charge >= 0.3 is 0 Å². The van der Waals surface area contributed by atoms with E-state index >= 15 is 0 Å². The number of hydrogen-bond donors (Lipinski definition) is 1. The van der Waals surface area contributed by atoms with Gasteiger partial charge in [0.05, 0.1) is 33.8 Å². The molecule has 0 radical (unpaired) electrons. The highest BCUT2D eigenvalue weighted by molar-refractivity contribution is 6.33. The Bertz CT molecular complexity index is 1140. The van der Waals surface area contributed by atoms with Crippen LogP contribution in [0.3, 0.4) is 0 Å². The first-order valence-electron chi connectivity index (χ1n) is 10.3. The third-order valence-electron chi connectivity index (χ3n) is 5.44. The maximum absolute atomic E-state index is 9.03. The zero-order valence-electron chi connectivity index (χ0n) is 17.7. The minimum absolute atomic E-state index is 0.130. The van der Waals surface area contributed by atoms with Crippen LogP contribution in [0.5, 0.6) is 0 Å². The lowest BCUT2D eigenvalue weighted by molar-refractivity contribution is 0.0565. The number of benzene rings is 1. The van der Waals surface area contributed by atoms with Gasteiger partial charge in [0.25, 0.3) is 0 Å². The van der Waals surface area contributed by atoms with Crippen LogP contribution in [-0.2, 0) is 4.74 Å². The number of nitrogens with one attached hydrogen (secondary N) is 1. The van der Waals surface area contributed by atoms with Crippen LogP contribution in [0.1, 0.15) is 38.3 Å². The van der Waals surface area contributed by atoms with Gasteiger partial charge < -0.3 is 19.5 Å². The van der Waals surface area contributed by atoms with Crippen molar-refractivity contribution in [1.29, 1.82) is 5.26 Å². The molecule has 0 saturated carbocycles. The number of hydrogen-bond acceptors (Lipinski definition) is 6. The number of anilines is 2. The molecule has 8 heteroatoms. The number of ether oxygens (including phenoxy) is 1. The molecule has 0 unspecified atom stereocenters. The van der Waals surface area contributed by atoms with Gasteiger partial charge in [0.1, 0.15) is 17.8 Å². The fourth-order valence-corrected chi connectivity index (χ4v) is 4.15. The lowest BCUT2D eigenvalue weighted by Crippen LogP contribution is -2.35. The number of likely N-dealkylation sites (tertiary alicyclic amines) is 1. The Balaban J connectivity index is 1.52. The van der Waals surface area contributed by atoms with Crippen molar-refractivity contribution in [2.45, 2.75) is 38.8 Å². The molecular formula is C23H25ClN6O. The van der Waals surface area contributed by atoms with Crippen molar-refractivity contribution >= 4 is 34.1 Å². The highest BCUT2D eigenvalue weighted by atomic mass is 35.5. The fraction of sp³-hybridized carbons (Fsp3) is 0.348. The maximum atomic E-state index is 9.03. The maximum Gasteiger partial charge on any atom is 0.182 e. The molecule has 4 rings (SSSR count). The van der Waals surface area contributed by atoms with E-state index in [2.05, 4.69) is 43.6 Å². The summed E-state index contributed by atoms with van der Waals surface area (Å²) in [6.45, 7) is 9.88. The highest BCUT2D eigenvalue weighted by Gasteiger charge is 2.24. The molecule has 0 bridgehead atoms. The lowest BCUT2D eigenvalue weighted by Gasteiger charge is -2.35. The molecular weight excluding hydrogens is 412 g/mol. The van der Waals surface area contributed by atoms with Crippen LogP contribution in [-0.4, -0.2) is 38.6 Å². The number of nitriles is 1. The summed E-state index contributed by atoms with van der Waals surface area (Å²) in [5, 5.41) is 13.7. The molecule has 1 aliphatic heterocycles. The SMILES string of the molecule is C=C(OC(C)C)N1CCC(n2ccc3c(Nc4ccc(C#N)cc4Cl)ncnc32)CC1. The van der Waals surface area contributed by atoms with Crippen LogP contribution < -0.4 is 5.32 Å². The van der Waals surface area contributed by atoms with E-state index in [0.29, 0.717) is 28.1 Å². The quantitative estimate of drug-likeness (QED) is 0.533. The number of nitrogens with zero attached hydrogens (tertiary/aromatic N) is 5. The van der Waals surface area contributed by atoms with E-state index in [0.717, 1.165) is 42.8 Å². The zero-order valence-corrected chi connectivity index (χ0v) is 18.4. The van der Waals surface area contributed by atoms with Crippen molar-refractivity contribution in [2.75, 3.05) is 18.4 Å². The van der Waals surface area contributed by atoms with Crippen LogP contribution in [0.15, 0.2) is 49.3 Å². The molecule has 1 aromatic carbocycles. The predicted molar refractivity (Wildman–Crippen MR) is 122 cm³/mol. The number of halogens is 1. The van der Waals surface area contributed by atoms with Gasteiger partial charge in [-0.3, -0.25) is 0 Å². The molecule has 1 saturated heterocycles. The standard InChI is InChI=1S/C23H25ClN6O/c1-15(2)31-16(3)29-9-6-18(7-10-29)30-11-8-19-22(26-14-27-23(19)30)28-21-5-4-17(13-25)12-20(21)24/h4-5,8,11-12,14-15,18H,3,6-7,9-10H2,1-2H3,(H,26,27,28). The van der Waals surface area contributed by atoms with Gasteiger partial charge in [-0.25, -0.2) is 9.97 Å². The topological polar surface area (TPSA) is 79.0 Å². The average Bonchev–Trinajstić information content (AvgIpc) is 3.20. The predicted octanol–water partition coefficient (Wildman–Crippen LogP) is 5.23. The summed E-state index contributed by atoms with van der Waals surface area (Å²) in [5.41, 5.74) is 2.10. The first-order chi connectivity index (χ1) is 15.0. The third-order valence-corrected chi connectivity index (χ3v) is 5.76. The van der Waals surface area contributed by atoms with Gasteiger partial charge in [0.2, 0.25) is 0 Å². The largest absolute Gasteiger partial charge is 0.477 e. The molecule has 0 spiro atoms. The molecule has 3 aromatic rings. The second kappa shape index (κ2) is 8.86. The summed E-state index contributed by atoms with van der Waals surface area (Å²) in [4.78, 5) is 11.2. The summed E-state index contributed by atoms with van der Waals surface area (Å²) < 4.78 is 7.98. The number of fused-ring (bicyclic) bond motifs is 1. The summed E-state index contributed by atoms with van der Waals surface area (Å²) in [7, 11) is 0. The first kappa shape index (κ1) is 21.0. The van der Waals surface area contributed by atoms with E-state index < -0.39 is 0 Å². The van der Waals surface area contributed by atoms with Gasteiger partial charge in [-0.2, -0.15) is 5.26 Å². The first-order valence-corrected chi connectivity index (χ1v) is 10.7. The van der Waals surface area contributed by atoms with Gasteiger partial charge in [0.15, 0.2) is 5.88 Å². The molecule has 31 heavy (non-hydrogen) atoms. The normalized spacial score (nSPS) is 14.6. The van der Waals surface area contributed by atoms with Crippen molar-refractivity contribution in [2.24, 2.45) is 0 Å². The van der Waals surface area contributed by atoms with E-state index in [-0.39, 0.29) is 6.10 Å². The Morgan fingerprint density at radius 3 is 2.74 bits per heavy atom. The minimum Gasteiger partial charge on any atom is -0.477 e. The number of rotatable bonds is 6. The minimum atomic E-state index is 0.130. The van der Waals surface area contributed by atoms with Crippen molar-refractivity contribution in [3.8, 4) is 6.07 Å². The van der Waals surface area contributed by atoms with E-state index in [1.165, 1.54) is 0 Å². The van der Waals surface area contributed by atoms with Crippen molar-refractivity contribution in [3.05, 3.63) is 59.8 Å². The summed E-state index contributed by atoms with van der Waals surface area (Å²) in [5.74, 6) is 1.44. The van der Waals surface area contributed by atoms with Crippen molar-refractivity contribution in [3.63, 3.8) is 0 Å². The number of piperidine rings is 1. The molecule has 0 amide bonds. The molecule has 1 aliphatic rings. The Morgan fingerprint density at radius 2 is 2.06 bits per heavy atom.